The third kappa shape index (κ3) is 4.52. The van der Waals surface area contributed by atoms with Gasteiger partial charge in [0.1, 0.15) is 6.61 Å². The average molecular weight is 463 g/mol. The van der Waals surface area contributed by atoms with Gasteiger partial charge in [-0.25, -0.2) is 4.79 Å². The third-order valence-corrected chi connectivity index (χ3v) is 7.52. The monoisotopic (exact) mass is 462 g/mol. The van der Waals surface area contributed by atoms with Crippen LogP contribution in [0.2, 0.25) is 0 Å². The number of nitrogens with zero attached hydrogens (tertiary/aromatic N) is 1. The summed E-state index contributed by atoms with van der Waals surface area (Å²) >= 11 is 0. The average Bonchev–Trinajstić information content (AvgIpc) is 3.41. The summed E-state index contributed by atoms with van der Waals surface area (Å²) in [5.74, 6) is -0.431. The van der Waals surface area contributed by atoms with Gasteiger partial charge in [-0.3, -0.25) is 9.59 Å². The lowest BCUT2D eigenvalue weighted by Gasteiger charge is -2.36. The Morgan fingerprint density at radius 2 is 1.65 bits per heavy atom. The highest BCUT2D eigenvalue weighted by Gasteiger charge is 2.40. The van der Waals surface area contributed by atoms with Crippen LogP contribution in [0.15, 0.2) is 48.5 Å². The molecule has 1 heterocycles. The highest BCUT2D eigenvalue weighted by atomic mass is 16.5. The van der Waals surface area contributed by atoms with Gasteiger partial charge in [0.2, 0.25) is 5.91 Å². The number of carboxylic acid groups (broad SMARTS) is 1. The predicted octanol–water partition coefficient (Wildman–Crippen LogP) is 4.02. The third-order valence-electron chi connectivity index (χ3n) is 7.52. The minimum absolute atomic E-state index is 0.0260. The summed E-state index contributed by atoms with van der Waals surface area (Å²) in [6, 6.07) is 16.4. The van der Waals surface area contributed by atoms with Crippen LogP contribution in [0.5, 0.6) is 0 Å². The molecule has 7 nitrogen and oxygen atoms in total. The zero-order chi connectivity index (χ0) is 23.7. The Morgan fingerprint density at radius 3 is 2.29 bits per heavy atom. The Balaban J connectivity index is 1.07. The van der Waals surface area contributed by atoms with Crippen molar-refractivity contribution in [3.8, 4) is 11.1 Å². The molecule has 0 radical (unpaired) electrons. The van der Waals surface area contributed by atoms with Crippen LogP contribution in [-0.4, -0.2) is 53.7 Å². The fraction of sp³-hybridized carbons (Fsp3) is 0.444. The number of likely N-dealkylation sites (tertiary alicyclic amines) is 1. The number of carboxylic acids is 1. The number of fused-ring (bicyclic) bond motifs is 3. The molecule has 1 saturated heterocycles. The molecule has 2 fully saturated rings. The highest BCUT2D eigenvalue weighted by Crippen LogP contribution is 2.44. The van der Waals surface area contributed by atoms with Gasteiger partial charge >= 0.3 is 12.1 Å². The first kappa shape index (κ1) is 22.4. The number of benzene rings is 2. The van der Waals surface area contributed by atoms with Gasteiger partial charge in [-0.05, 0) is 53.9 Å². The summed E-state index contributed by atoms with van der Waals surface area (Å²) < 4.78 is 5.61. The van der Waals surface area contributed by atoms with E-state index in [0.717, 1.165) is 6.42 Å². The van der Waals surface area contributed by atoms with Gasteiger partial charge in [-0.2, -0.15) is 0 Å². The fourth-order valence-electron chi connectivity index (χ4n) is 5.60. The highest BCUT2D eigenvalue weighted by molar-refractivity contribution is 5.81. The van der Waals surface area contributed by atoms with Gasteiger partial charge in [0.15, 0.2) is 0 Å². The van der Waals surface area contributed by atoms with E-state index >= 15 is 0 Å². The van der Waals surface area contributed by atoms with Gasteiger partial charge in [-0.15, -0.1) is 0 Å². The quantitative estimate of drug-likeness (QED) is 0.648. The standard InChI is InChI=1S/C27H30N2O5/c30-25(31)10-9-17-11-12-29(15-17)26(32)18-13-19(14-18)28-27(33)34-16-24-22-7-3-1-5-20(22)21-6-2-4-8-23(21)24/h1-8,17-19,24H,9-16H2,(H,28,33)(H,30,31). The summed E-state index contributed by atoms with van der Waals surface area (Å²) in [6.45, 7) is 1.62. The number of hydrogen-bond donors (Lipinski definition) is 2. The predicted molar refractivity (Wildman–Crippen MR) is 126 cm³/mol. The molecule has 34 heavy (non-hydrogen) atoms. The zero-order valence-electron chi connectivity index (χ0n) is 19.1. The van der Waals surface area contributed by atoms with E-state index in [4.69, 9.17) is 9.84 Å². The Labute approximate surface area is 199 Å². The van der Waals surface area contributed by atoms with Gasteiger partial charge in [-0.1, -0.05) is 48.5 Å². The number of aliphatic carboxylic acids is 1. The van der Waals surface area contributed by atoms with E-state index in [-0.39, 0.29) is 42.7 Å². The second kappa shape index (κ2) is 9.49. The molecule has 2 aromatic carbocycles. The Morgan fingerprint density at radius 1 is 1.00 bits per heavy atom. The minimum Gasteiger partial charge on any atom is -0.481 e. The van der Waals surface area contributed by atoms with Crippen LogP contribution in [0.3, 0.4) is 0 Å². The van der Waals surface area contributed by atoms with Gasteiger partial charge < -0.3 is 20.1 Å². The second-order valence-corrected chi connectivity index (χ2v) is 9.71. The van der Waals surface area contributed by atoms with Crippen LogP contribution in [0.1, 0.15) is 49.1 Å². The maximum atomic E-state index is 12.7. The van der Waals surface area contributed by atoms with E-state index in [9.17, 15) is 14.4 Å². The molecule has 2 aromatic rings. The lowest BCUT2D eigenvalue weighted by Crippen LogP contribution is -2.50. The molecule has 0 aromatic heterocycles. The van der Waals surface area contributed by atoms with Crippen LogP contribution >= 0.6 is 0 Å². The maximum absolute atomic E-state index is 12.7. The molecule has 1 unspecified atom stereocenters. The molecule has 1 saturated carbocycles. The zero-order valence-corrected chi connectivity index (χ0v) is 19.1. The lowest BCUT2D eigenvalue weighted by molar-refractivity contribution is -0.138. The maximum Gasteiger partial charge on any atom is 0.407 e. The number of ether oxygens (including phenoxy) is 1. The lowest BCUT2D eigenvalue weighted by atomic mass is 9.79. The van der Waals surface area contributed by atoms with Crippen LogP contribution in [0.25, 0.3) is 11.1 Å². The summed E-state index contributed by atoms with van der Waals surface area (Å²) in [5, 5.41) is 11.8. The normalized spacial score (nSPS) is 23.1. The van der Waals surface area contributed by atoms with Crippen molar-refractivity contribution in [2.24, 2.45) is 11.8 Å². The molecule has 0 bridgehead atoms. The fourth-order valence-corrected chi connectivity index (χ4v) is 5.60. The number of carbonyl (C=O) groups is 3. The van der Waals surface area contributed by atoms with E-state index in [1.807, 2.05) is 29.2 Å². The molecule has 178 valence electrons. The molecule has 2 aliphatic carbocycles. The van der Waals surface area contributed by atoms with Gasteiger partial charge in [0, 0.05) is 37.4 Å². The van der Waals surface area contributed by atoms with E-state index < -0.39 is 12.1 Å². The Bertz CT molecular complexity index is 1050. The van der Waals surface area contributed by atoms with Crippen molar-refractivity contribution in [3.63, 3.8) is 0 Å². The van der Waals surface area contributed by atoms with E-state index in [1.54, 1.807) is 0 Å². The number of alkyl carbamates (subject to hydrolysis) is 1. The largest absolute Gasteiger partial charge is 0.481 e. The summed E-state index contributed by atoms with van der Waals surface area (Å²) in [5.41, 5.74) is 4.75. The van der Waals surface area contributed by atoms with Gasteiger partial charge in [0.05, 0.1) is 0 Å². The van der Waals surface area contributed by atoms with E-state index in [1.165, 1.54) is 22.3 Å². The van der Waals surface area contributed by atoms with E-state index in [2.05, 4.69) is 29.6 Å². The molecule has 5 rings (SSSR count). The van der Waals surface area contributed by atoms with Crippen LogP contribution in [0, 0.1) is 11.8 Å². The van der Waals surface area contributed by atoms with Crippen LogP contribution < -0.4 is 5.32 Å². The van der Waals surface area contributed by atoms with Crippen molar-refractivity contribution in [3.05, 3.63) is 59.7 Å². The molecule has 7 heteroatoms. The van der Waals surface area contributed by atoms with Crippen molar-refractivity contribution in [2.75, 3.05) is 19.7 Å². The van der Waals surface area contributed by atoms with Gasteiger partial charge in [0.25, 0.3) is 0 Å². The molecular formula is C27H30N2O5. The van der Waals surface area contributed by atoms with Crippen molar-refractivity contribution >= 4 is 18.0 Å². The Hall–Kier alpha value is -3.35. The number of hydrogen-bond acceptors (Lipinski definition) is 4. The number of carbonyl (C=O) groups excluding carboxylic acids is 2. The molecular weight excluding hydrogens is 432 g/mol. The Kier molecular flexibility index (Phi) is 6.26. The first-order chi connectivity index (χ1) is 16.5. The first-order valence-electron chi connectivity index (χ1n) is 12.1. The molecule has 0 spiro atoms. The molecule has 1 atom stereocenters. The molecule has 2 amide bonds. The number of amides is 2. The molecule has 1 aliphatic heterocycles. The van der Waals surface area contributed by atoms with E-state index in [0.29, 0.717) is 32.4 Å². The van der Waals surface area contributed by atoms with Crippen molar-refractivity contribution in [1.82, 2.24) is 10.2 Å². The molecule has 3 aliphatic rings. The smallest absolute Gasteiger partial charge is 0.407 e. The van der Waals surface area contributed by atoms with Crippen molar-refractivity contribution in [2.45, 2.75) is 44.1 Å². The minimum atomic E-state index is -0.786. The summed E-state index contributed by atoms with van der Waals surface area (Å²) in [6.07, 6.45) is 2.46. The van der Waals surface area contributed by atoms with Crippen LogP contribution in [0.4, 0.5) is 4.79 Å². The molecule has 2 N–H and O–H groups in total. The second-order valence-electron chi connectivity index (χ2n) is 9.71. The van der Waals surface area contributed by atoms with Crippen LogP contribution in [-0.2, 0) is 14.3 Å². The summed E-state index contributed by atoms with van der Waals surface area (Å²) in [7, 11) is 0. The number of rotatable bonds is 7. The van der Waals surface area contributed by atoms with Crippen molar-refractivity contribution < 1.29 is 24.2 Å². The first-order valence-corrected chi connectivity index (χ1v) is 12.1. The topological polar surface area (TPSA) is 95.9 Å². The van der Waals surface area contributed by atoms with Crippen molar-refractivity contribution in [1.29, 1.82) is 0 Å². The SMILES string of the molecule is O=C(O)CCC1CCN(C(=O)C2CC(NC(=O)OCC3c4ccccc4-c4ccccc43)C2)C1. The summed E-state index contributed by atoms with van der Waals surface area (Å²) in [4.78, 5) is 37.8. The number of nitrogens with one attached hydrogen (secondary N) is 1.